The molecule has 0 radical (unpaired) electrons. The van der Waals surface area contributed by atoms with Gasteiger partial charge in [0.25, 0.3) is 5.56 Å². The molecule has 0 aliphatic carbocycles. The van der Waals surface area contributed by atoms with Gasteiger partial charge in [-0.1, -0.05) is 54.1 Å². The molecule has 2 aromatic carbocycles. The fourth-order valence-corrected chi connectivity index (χ4v) is 3.77. The van der Waals surface area contributed by atoms with Crippen LogP contribution in [0.4, 0.5) is 0 Å². The van der Waals surface area contributed by atoms with Crippen molar-refractivity contribution in [3.05, 3.63) is 80.9 Å². The number of hydrogen-bond donors (Lipinski definition) is 0. The summed E-state index contributed by atoms with van der Waals surface area (Å²) in [6, 6.07) is 18.9. The molecule has 0 fully saturated rings. The lowest BCUT2D eigenvalue weighted by Crippen LogP contribution is -2.15. The molecule has 0 aliphatic heterocycles. The summed E-state index contributed by atoms with van der Waals surface area (Å²) < 4.78 is 1.86. The molecule has 120 valence electrons. The first kappa shape index (κ1) is 15.6. The van der Waals surface area contributed by atoms with Gasteiger partial charge in [-0.3, -0.25) is 9.20 Å². The van der Waals surface area contributed by atoms with Gasteiger partial charge < -0.3 is 0 Å². The van der Waals surface area contributed by atoms with Crippen LogP contribution < -0.4 is 5.56 Å². The second-order valence-corrected chi connectivity index (χ2v) is 6.64. The molecule has 0 saturated carbocycles. The highest BCUT2D eigenvalue weighted by Crippen LogP contribution is 2.32. The highest BCUT2D eigenvalue weighted by Gasteiger charge is 2.19. The van der Waals surface area contributed by atoms with Crippen molar-refractivity contribution >= 4 is 27.9 Å². The molecule has 6 heteroatoms. The molecule has 4 aromatic rings. The van der Waals surface area contributed by atoms with Crippen LogP contribution in [0.25, 0.3) is 27.5 Å². The lowest BCUT2D eigenvalue weighted by Gasteiger charge is -2.11. The molecule has 0 aliphatic rings. The van der Waals surface area contributed by atoms with Gasteiger partial charge in [-0.25, -0.2) is 0 Å². The van der Waals surface area contributed by atoms with E-state index in [4.69, 9.17) is 11.6 Å². The summed E-state index contributed by atoms with van der Waals surface area (Å²) >= 11 is 7.36. The molecule has 4 nitrogen and oxygen atoms in total. The second-order valence-electron chi connectivity index (χ2n) is 5.36. The van der Waals surface area contributed by atoms with E-state index < -0.39 is 5.56 Å². The molecule has 0 saturated heterocycles. The third kappa shape index (κ3) is 2.62. The molecule has 0 unspecified atom stereocenters. The van der Waals surface area contributed by atoms with Gasteiger partial charge in [-0.2, -0.15) is 10.2 Å². The van der Waals surface area contributed by atoms with Crippen molar-refractivity contribution in [1.82, 2.24) is 9.38 Å². The number of nitrogens with zero attached hydrogens (tertiary/aromatic N) is 3. The van der Waals surface area contributed by atoms with E-state index >= 15 is 0 Å². The van der Waals surface area contributed by atoms with Crippen LogP contribution in [0, 0.1) is 11.3 Å². The zero-order valence-electron chi connectivity index (χ0n) is 12.8. The lowest BCUT2D eigenvalue weighted by molar-refractivity contribution is 1.10. The van der Waals surface area contributed by atoms with Crippen LogP contribution in [0.3, 0.4) is 0 Å². The number of benzene rings is 2. The quantitative estimate of drug-likeness (QED) is 0.522. The van der Waals surface area contributed by atoms with E-state index in [0.717, 1.165) is 16.8 Å². The summed E-state index contributed by atoms with van der Waals surface area (Å²) in [6.07, 6.45) is 0. The van der Waals surface area contributed by atoms with E-state index in [9.17, 15) is 10.1 Å². The van der Waals surface area contributed by atoms with Crippen molar-refractivity contribution in [2.75, 3.05) is 0 Å². The Balaban J connectivity index is 2.15. The molecule has 0 bridgehead atoms. The number of aromatic nitrogens is 2. The Kier molecular flexibility index (Phi) is 3.85. The van der Waals surface area contributed by atoms with Crippen LogP contribution in [0.15, 0.2) is 64.8 Å². The molecule has 0 amide bonds. The average molecular weight is 364 g/mol. The predicted octanol–water partition coefficient (Wildman–Crippen LogP) is 4.62. The number of nitriles is 1. The molecule has 0 atom stereocenters. The molecule has 2 heterocycles. The normalized spacial score (nSPS) is 10.7. The zero-order chi connectivity index (χ0) is 17.4. The van der Waals surface area contributed by atoms with Crippen LogP contribution in [0.1, 0.15) is 5.56 Å². The SMILES string of the molecule is N#Cc1c(-c2ccc(Cl)cc2)n2c(-c3ccccc3)csc2nc1=O. The molecule has 0 spiro atoms. The van der Waals surface area contributed by atoms with Crippen molar-refractivity contribution in [1.29, 1.82) is 5.26 Å². The minimum Gasteiger partial charge on any atom is -0.283 e. The van der Waals surface area contributed by atoms with Crippen LogP contribution in [-0.4, -0.2) is 9.38 Å². The summed E-state index contributed by atoms with van der Waals surface area (Å²) in [5.74, 6) is 0. The summed E-state index contributed by atoms with van der Waals surface area (Å²) in [5, 5.41) is 12.1. The van der Waals surface area contributed by atoms with E-state index in [1.807, 2.05) is 46.2 Å². The molecule has 25 heavy (non-hydrogen) atoms. The Morgan fingerprint density at radius 1 is 1.04 bits per heavy atom. The van der Waals surface area contributed by atoms with E-state index in [1.54, 1.807) is 24.3 Å². The van der Waals surface area contributed by atoms with Gasteiger partial charge in [-0.05, 0) is 17.7 Å². The Bertz CT molecular complexity index is 1170. The topological polar surface area (TPSA) is 58.2 Å². The lowest BCUT2D eigenvalue weighted by atomic mass is 10.1. The van der Waals surface area contributed by atoms with Crippen molar-refractivity contribution < 1.29 is 0 Å². The highest BCUT2D eigenvalue weighted by atomic mass is 35.5. The predicted molar refractivity (Wildman–Crippen MR) is 99.9 cm³/mol. The molecule has 0 N–H and O–H groups in total. The second kappa shape index (κ2) is 6.17. The Hall–Kier alpha value is -2.94. The molecule has 2 aromatic heterocycles. The maximum atomic E-state index is 12.3. The smallest absolute Gasteiger partial charge is 0.283 e. The number of fused-ring (bicyclic) bond motifs is 1. The minimum atomic E-state index is -0.520. The first-order chi connectivity index (χ1) is 12.2. The van der Waals surface area contributed by atoms with E-state index in [2.05, 4.69) is 4.98 Å². The average Bonchev–Trinajstić information content (AvgIpc) is 3.05. The highest BCUT2D eigenvalue weighted by molar-refractivity contribution is 7.15. The fourth-order valence-electron chi connectivity index (χ4n) is 2.75. The molecular formula is C19H10ClN3OS. The minimum absolute atomic E-state index is 0.0235. The first-order valence-corrected chi connectivity index (χ1v) is 8.70. The molecular weight excluding hydrogens is 354 g/mol. The number of rotatable bonds is 2. The fraction of sp³-hybridized carbons (Fsp3) is 0. The van der Waals surface area contributed by atoms with Gasteiger partial charge in [0.1, 0.15) is 11.6 Å². The summed E-state index contributed by atoms with van der Waals surface area (Å²) in [4.78, 5) is 16.9. The standard InChI is InChI=1S/C19H10ClN3OS/c20-14-8-6-13(7-9-14)17-15(10-21)18(24)22-19-23(17)16(11-25-19)12-4-2-1-3-5-12/h1-9,11H. The van der Waals surface area contributed by atoms with E-state index in [0.29, 0.717) is 15.7 Å². The van der Waals surface area contributed by atoms with Gasteiger partial charge in [0.05, 0.1) is 11.4 Å². The number of halogens is 1. The van der Waals surface area contributed by atoms with Gasteiger partial charge in [0.15, 0.2) is 4.96 Å². The summed E-state index contributed by atoms with van der Waals surface area (Å²) in [5.41, 5.74) is 2.65. The number of thiazole rings is 1. The zero-order valence-corrected chi connectivity index (χ0v) is 14.4. The first-order valence-electron chi connectivity index (χ1n) is 7.45. The largest absolute Gasteiger partial charge is 0.292 e. The van der Waals surface area contributed by atoms with Crippen molar-refractivity contribution in [3.8, 4) is 28.6 Å². The van der Waals surface area contributed by atoms with E-state index in [1.165, 1.54) is 11.3 Å². The van der Waals surface area contributed by atoms with Crippen molar-refractivity contribution in [3.63, 3.8) is 0 Å². The van der Waals surface area contributed by atoms with Crippen LogP contribution >= 0.6 is 22.9 Å². The summed E-state index contributed by atoms with van der Waals surface area (Å²) in [6.45, 7) is 0. The third-order valence-corrected chi connectivity index (χ3v) is 4.96. The van der Waals surface area contributed by atoms with Gasteiger partial charge >= 0.3 is 0 Å². The van der Waals surface area contributed by atoms with Crippen molar-refractivity contribution in [2.45, 2.75) is 0 Å². The number of hydrogen-bond acceptors (Lipinski definition) is 4. The molecule has 4 rings (SSSR count). The van der Waals surface area contributed by atoms with Crippen LogP contribution in [-0.2, 0) is 0 Å². The van der Waals surface area contributed by atoms with E-state index in [-0.39, 0.29) is 5.56 Å². The maximum absolute atomic E-state index is 12.3. The van der Waals surface area contributed by atoms with Gasteiger partial charge in [0, 0.05) is 16.0 Å². The van der Waals surface area contributed by atoms with Gasteiger partial charge in [-0.15, -0.1) is 11.3 Å². The van der Waals surface area contributed by atoms with Gasteiger partial charge in [0.2, 0.25) is 0 Å². The Morgan fingerprint density at radius 2 is 1.76 bits per heavy atom. The third-order valence-electron chi connectivity index (χ3n) is 3.88. The van der Waals surface area contributed by atoms with Crippen LogP contribution in [0.2, 0.25) is 5.02 Å². The monoisotopic (exact) mass is 363 g/mol. The van der Waals surface area contributed by atoms with Crippen molar-refractivity contribution in [2.24, 2.45) is 0 Å². The van der Waals surface area contributed by atoms with Crippen LogP contribution in [0.5, 0.6) is 0 Å². The summed E-state index contributed by atoms with van der Waals surface area (Å²) in [7, 11) is 0. The maximum Gasteiger partial charge on any atom is 0.292 e. The Labute approximate surface area is 152 Å². The Morgan fingerprint density at radius 3 is 2.44 bits per heavy atom.